The Hall–Kier alpha value is -3.35. The zero-order valence-corrected chi connectivity index (χ0v) is 13.6. The van der Waals surface area contributed by atoms with Gasteiger partial charge in [0.05, 0.1) is 5.69 Å². The van der Waals surface area contributed by atoms with Crippen molar-refractivity contribution in [2.75, 3.05) is 6.54 Å². The van der Waals surface area contributed by atoms with Crippen LogP contribution in [0.4, 0.5) is 0 Å². The first-order valence-corrected chi connectivity index (χ1v) is 7.74. The van der Waals surface area contributed by atoms with Crippen molar-refractivity contribution in [1.82, 2.24) is 10.3 Å². The predicted octanol–water partition coefficient (Wildman–Crippen LogP) is 2.31. The summed E-state index contributed by atoms with van der Waals surface area (Å²) in [6, 6.07) is 12.4. The summed E-state index contributed by atoms with van der Waals surface area (Å²) >= 11 is 0. The lowest BCUT2D eigenvalue weighted by Gasteiger charge is -2.01. The van der Waals surface area contributed by atoms with E-state index in [9.17, 15) is 9.59 Å². The van der Waals surface area contributed by atoms with E-state index in [4.69, 9.17) is 14.6 Å². The minimum atomic E-state index is -0.717. The molecule has 0 atom stereocenters. The van der Waals surface area contributed by atoms with Crippen molar-refractivity contribution in [3.05, 3.63) is 65.4 Å². The second-order valence-corrected chi connectivity index (χ2v) is 5.42. The first-order valence-electron chi connectivity index (χ1n) is 7.74. The van der Waals surface area contributed by atoms with Gasteiger partial charge in [-0.15, -0.1) is 0 Å². The average Bonchev–Trinajstić information content (AvgIpc) is 3.23. The van der Waals surface area contributed by atoms with E-state index in [1.54, 1.807) is 0 Å². The molecule has 0 aliphatic carbocycles. The molecule has 3 N–H and O–H groups in total. The Morgan fingerprint density at radius 3 is 2.48 bits per heavy atom. The number of amides is 2. The van der Waals surface area contributed by atoms with Gasteiger partial charge in [0.15, 0.2) is 11.5 Å². The van der Waals surface area contributed by atoms with Gasteiger partial charge in [-0.3, -0.25) is 9.59 Å². The third-order valence-corrected chi connectivity index (χ3v) is 3.63. The summed E-state index contributed by atoms with van der Waals surface area (Å²) < 4.78 is 10.8. The minimum Gasteiger partial charge on any atom is -0.446 e. The molecule has 0 radical (unpaired) electrons. The van der Waals surface area contributed by atoms with Gasteiger partial charge in [0, 0.05) is 18.5 Å². The van der Waals surface area contributed by atoms with Crippen molar-refractivity contribution in [3.8, 4) is 11.5 Å². The molecule has 0 aliphatic rings. The number of rotatable bonds is 6. The molecular weight excluding hydrogens is 322 g/mol. The highest BCUT2D eigenvalue weighted by Crippen LogP contribution is 2.21. The highest BCUT2D eigenvalue weighted by molar-refractivity contribution is 5.94. The molecule has 2 aromatic heterocycles. The van der Waals surface area contributed by atoms with Gasteiger partial charge in [0.25, 0.3) is 11.8 Å². The summed E-state index contributed by atoms with van der Waals surface area (Å²) in [4.78, 5) is 27.4. The van der Waals surface area contributed by atoms with Crippen LogP contribution in [0.5, 0.6) is 0 Å². The van der Waals surface area contributed by atoms with Gasteiger partial charge >= 0.3 is 0 Å². The van der Waals surface area contributed by atoms with Gasteiger partial charge < -0.3 is 19.9 Å². The number of carbonyl (C=O) groups excluding carboxylic acids is 2. The first-order chi connectivity index (χ1) is 12.0. The summed E-state index contributed by atoms with van der Waals surface area (Å²) in [5.74, 6) is 0.113. The average molecular weight is 339 g/mol. The van der Waals surface area contributed by atoms with Crippen LogP contribution in [-0.2, 0) is 6.42 Å². The lowest BCUT2D eigenvalue weighted by molar-refractivity contribution is 0.0916. The highest BCUT2D eigenvalue weighted by Gasteiger charge is 2.15. The van der Waals surface area contributed by atoms with E-state index in [1.807, 2.05) is 37.3 Å². The molecule has 0 fully saturated rings. The lowest BCUT2D eigenvalue weighted by atomic mass is 10.2. The quantitative estimate of drug-likeness (QED) is 0.716. The first kappa shape index (κ1) is 16.5. The monoisotopic (exact) mass is 339 g/mol. The fourth-order valence-corrected chi connectivity index (χ4v) is 2.34. The third kappa shape index (κ3) is 3.77. The van der Waals surface area contributed by atoms with Crippen molar-refractivity contribution in [3.63, 3.8) is 0 Å². The number of nitrogens with two attached hydrogens (primary N) is 1. The highest BCUT2D eigenvalue weighted by atomic mass is 16.4. The number of primary amides is 1. The molecule has 0 unspecified atom stereocenters. The second kappa shape index (κ2) is 7.04. The number of aromatic nitrogens is 1. The molecule has 0 saturated heterocycles. The number of oxazole rings is 1. The van der Waals surface area contributed by atoms with Crippen molar-refractivity contribution in [2.24, 2.45) is 5.73 Å². The molecule has 0 aliphatic heterocycles. The van der Waals surface area contributed by atoms with Gasteiger partial charge in [0.2, 0.25) is 5.89 Å². The number of hydrogen-bond donors (Lipinski definition) is 2. The number of aryl methyl sites for hydroxylation is 1. The van der Waals surface area contributed by atoms with Crippen molar-refractivity contribution in [1.29, 1.82) is 0 Å². The molecule has 25 heavy (non-hydrogen) atoms. The van der Waals surface area contributed by atoms with Crippen LogP contribution in [0.2, 0.25) is 0 Å². The summed E-state index contributed by atoms with van der Waals surface area (Å²) in [5.41, 5.74) is 6.76. The van der Waals surface area contributed by atoms with Crippen LogP contribution < -0.4 is 11.1 Å². The Morgan fingerprint density at radius 2 is 1.80 bits per heavy atom. The van der Waals surface area contributed by atoms with Gasteiger partial charge in [-0.05, 0) is 31.2 Å². The van der Waals surface area contributed by atoms with E-state index in [0.717, 1.165) is 11.3 Å². The fourth-order valence-electron chi connectivity index (χ4n) is 2.34. The standard InChI is InChI=1S/C18H17N3O4/c1-11-13(21-18(24-11)12-5-3-2-4-6-12)9-10-20-17(23)15-8-7-14(25-15)16(19)22/h2-8H,9-10H2,1H3,(H2,19,22)(H,20,23). The SMILES string of the molecule is Cc1oc(-c2ccccc2)nc1CCNC(=O)c1ccc(C(N)=O)o1. The van der Waals surface area contributed by atoms with Gasteiger partial charge in [0.1, 0.15) is 5.76 Å². The molecule has 2 heterocycles. The number of nitrogens with zero attached hydrogens (tertiary/aromatic N) is 1. The normalized spacial score (nSPS) is 10.6. The number of furan rings is 1. The van der Waals surface area contributed by atoms with Crippen LogP contribution in [0.3, 0.4) is 0 Å². The molecule has 7 nitrogen and oxygen atoms in total. The summed E-state index contributed by atoms with van der Waals surface area (Å²) in [6.45, 7) is 2.19. The topological polar surface area (TPSA) is 111 Å². The van der Waals surface area contributed by atoms with Gasteiger partial charge in [-0.25, -0.2) is 4.98 Å². The maximum absolute atomic E-state index is 12.0. The molecule has 128 valence electrons. The van der Waals surface area contributed by atoms with E-state index in [2.05, 4.69) is 10.3 Å². The molecule has 1 aromatic carbocycles. The van der Waals surface area contributed by atoms with Crippen molar-refractivity contribution in [2.45, 2.75) is 13.3 Å². The Kier molecular flexibility index (Phi) is 4.65. The fraction of sp³-hybridized carbons (Fsp3) is 0.167. The van der Waals surface area contributed by atoms with Crippen LogP contribution in [0.1, 0.15) is 32.6 Å². The summed E-state index contributed by atoms with van der Waals surface area (Å²) in [5, 5.41) is 2.71. The molecule has 0 spiro atoms. The van der Waals surface area contributed by atoms with Crippen LogP contribution in [0, 0.1) is 6.92 Å². The van der Waals surface area contributed by atoms with Crippen molar-refractivity contribution < 1.29 is 18.4 Å². The molecule has 3 rings (SSSR count). The second-order valence-electron chi connectivity index (χ2n) is 5.42. The zero-order chi connectivity index (χ0) is 17.8. The molecular formula is C18H17N3O4. The number of carbonyl (C=O) groups is 2. The summed E-state index contributed by atoms with van der Waals surface area (Å²) in [7, 11) is 0. The van der Waals surface area contributed by atoms with E-state index in [-0.39, 0.29) is 11.5 Å². The lowest BCUT2D eigenvalue weighted by Crippen LogP contribution is -2.25. The number of hydrogen-bond acceptors (Lipinski definition) is 5. The maximum Gasteiger partial charge on any atom is 0.287 e. The Balaban J connectivity index is 1.59. The van der Waals surface area contributed by atoms with Gasteiger partial charge in [-0.1, -0.05) is 18.2 Å². The largest absolute Gasteiger partial charge is 0.446 e. The van der Waals surface area contributed by atoms with E-state index < -0.39 is 11.8 Å². The smallest absolute Gasteiger partial charge is 0.287 e. The molecule has 0 bridgehead atoms. The molecule has 0 saturated carbocycles. The summed E-state index contributed by atoms with van der Waals surface area (Å²) in [6.07, 6.45) is 0.511. The Morgan fingerprint density at radius 1 is 1.08 bits per heavy atom. The van der Waals surface area contributed by atoms with Crippen LogP contribution >= 0.6 is 0 Å². The number of nitrogens with one attached hydrogen (secondary N) is 1. The molecule has 7 heteroatoms. The van der Waals surface area contributed by atoms with Crippen LogP contribution in [0.15, 0.2) is 51.3 Å². The maximum atomic E-state index is 12.0. The van der Waals surface area contributed by atoms with Gasteiger partial charge in [-0.2, -0.15) is 0 Å². The van der Waals surface area contributed by atoms with Crippen molar-refractivity contribution >= 4 is 11.8 Å². The molecule has 2 amide bonds. The Labute approximate surface area is 143 Å². The van der Waals surface area contributed by atoms with E-state index in [1.165, 1.54) is 12.1 Å². The van der Waals surface area contributed by atoms with Crippen LogP contribution in [-0.4, -0.2) is 23.3 Å². The van der Waals surface area contributed by atoms with E-state index >= 15 is 0 Å². The number of benzene rings is 1. The Bertz CT molecular complexity index is 896. The zero-order valence-electron chi connectivity index (χ0n) is 13.6. The van der Waals surface area contributed by atoms with Crippen LogP contribution in [0.25, 0.3) is 11.5 Å². The minimum absolute atomic E-state index is 0.0376. The van der Waals surface area contributed by atoms with E-state index in [0.29, 0.717) is 24.6 Å². The molecule has 3 aromatic rings. The predicted molar refractivity (Wildman–Crippen MR) is 89.9 cm³/mol. The third-order valence-electron chi connectivity index (χ3n) is 3.63.